The van der Waals surface area contributed by atoms with Crippen LogP contribution in [-0.4, -0.2) is 16.9 Å². The molecule has 0 unspecified atom stereocenters. The lowest BCUT2D eigenvalue weighted by molar-refractivity contribution is 0.0696. The Bertz CT molecular complexity index is 585. The minimum Gasteiger partial charge on any atom is -0.478 e. The number of carboxylic acid groups (broad SMARTS) is 1. The van der Waals surface area contributed by atoms with Crippen molar-refractivity contribution in [1.82, 2.24) is 0 Å². The third-order valence-corrected chi connectivity index (χ3v) is 2.57. The summed E-state index contributed by atoms with van der Waals surface area (Å²) < 4.78 is 0. The van der Waals surface area contributed by atoms with Gasteiger partial charge in [0.2, 0.25) is 0 Å². The van der Waals surface area contributed by atoms with Crippen LogP contribution in [0.1, 0.15) is 26.3 Å². The van der Waals surface area contributed by atoms with Crippen LogP contribution in [0.15, 0.2) is 48.5 Å². The lowest BCUT2D eigenvalue weighted by atomic mass is 10.0. The molecule has 0 spiro atoms. The van der Waals surface area contributed by atoms with Crippen LogP contribution in [-0.2, 0) is 0 Å². The number of benzene rings is 2. The van der Waals surface area contributed by atoms with Crippen molar-refractivity contribution >= 4 is 17.4 Å². The number of nitrogen functional groups attached to an aromatic ring is 1. The van der Waals surface area contributed by atoms with E-state index in [1.54, 1.807) is 24.3 Å². The average molecular weight is 241 g/mol. The molecular formula is C14H11NO3. The molecule has 0 heterocycles. The zero-order chi connectivity index (χ0) is 13.1. The maximum Gasteiger partial charge on any atom is 0.335 e. The fraction of sp³-hybridized carbons (Fsp3) is 0. The molecule has 2 aromatic rings. The van der Waals surface area contributed by atoms with Crippen molar-refractivity contribution < 1.29 is 14.7 Å². The van der Waals surface area contributed by atoms with Crippen molar-refractivity contribution in [3.8, 4) is 0 Å². The van der Waals surface area contributed by atoms with Gasteiger partial charge in [0.1, 0.15) is 0 Å². The molecular weight excluding hydrogens is 230 g/mol. The first kappa shape index (κ1) is 11.9. The highest BCUT2D eigenvalue weighted by Crippen LogP contribution is 2.13. The van der Waals surface area contributed by atoms with Crippen molar-refractivity contribution in [2.45, 2.75) is 0 Å². The molecule has 3 N–H and O–H groups in total. The third-order valence-electron chi connectivity index (χ3n) is 2.57. The molecule has 0 radical (unpaired) electrons. The molecule has 0 atom stereocenters. The lowest BCUT2D eigenvalue weighted by Crippen LogP contribution is -2.03. The highest BCUT2D eigenvalue weighted by atomic mass is 16.4. The van der Waals surface area contributed by atoms with Crippen LogP contribution in [0.2, 0.25) is 0 Å². The fourth-order valence-corrected chi connectivity index (χ4v) is 1.57. The summed E-state index contributed by atoms with van der Waals surface area (Å²) in [6, 6.07) is 12.4. The molecule has 0 saturated carbocycles. The van der Waals surface area contributed by atoms with Crippen molar-refractivity contribution in [2.24, 2.45) is 0 Å². The van der Waals surface area contributed by atoms with E-state index >= 15 is 0 Å². The van der Waals surface area contributed by atoms with Gasteiger partial charge in [0.15, 0.2) is 5.78 Å². The predicted octanol–water partition coefficient (Wildman–Crippen LogP) is 2.20. The molecule has 2 rings (SSSR count). The molecule has 0 aliphatic carbocycles. The van der Waals surface area contributed by atoms with Crippen LogP contribution in [0.4, 0.5) is 5.69 Å². The van der Waals surface area contributed by atoms with E-state index in [0.717, 1.165) is 0 Å². The zero-order valence-electron chi connectivity index (χ0n) is 9.46. The number of nitrogens with two attached hydrogens (primary N) is 1. The van der Waals surface area contributed by atoms with E-state index in [9.17, 15) is 9.59 Å². The van der Waals surface area contributed by atoms with E-state index in [2.05, 4.69) is 0 Å². The molecule has 4 heteroatoms. The van der Waals surface area contributed by atoms with Gasteiger partial charge in [0.25, 0.3) is 0 Å². The second-order valence-corrected chi connectivity index (χ2v) is 3.83. The number of anilines is 1. The van der Waals surface area contributed by atoms with Crippen LogP contribution < -0.4 is 5.73 Å². The topological polar surface area (TPSA) is 80.4 Å². The smallest absolute Gasteiger partial charge is 0.335 e. The Morgan fingerprint density at radius 3 is 1.61 bits per heavy atom. The van der Waals surface area contributed by atoms with Gasteiger partial charge in [-0.05, 0) is 36.4 Å². The lowest BCUT2D eigenvalue weighted by Gasteiger charge is -2.02. The Labute approximate surface area is 104 Å². The first-order chi connectivity index (χ1) is 8.58. The van der Waals surface area contributed by atoms with Gasteiger partial charge < -0.3 is 10.8 Å². The van der Waals surface area contributed by atoms with Gasteiger partial charge in [-0.15, -0.1) is 0 Å². The molecule has 0 amide bonds. The maximum atomic E-state index is 12.1. The molecule has 0 aliphatic rings. The number of hydrogen-bond acceptors (Lipinski definition) is 3. The summed E-state index contributed by atoms with van der Waals surface area (Å²) in [6.07, 6.45) is 0. The van der Waals surface area contributed by atoms with Gasteiger partial charge in [0.05, 0.1) is 5.56 Å². The summed E-state index contributed by atoms with van der Waals surface area (Å²) in [5.41, 5.74) is 7.26. The van der Waals surface area contributed by atoms with E-state index in [0.29, 0.717) is 16.8 Å². The maximum absolute atomic E-state index is 12.1. The third kappa shape index (κ3) is 2.38. The van der Waals surface area contributed by atoms with Gasteiger partial charge in [0, 0.05) is 16.8 Å². The number of hydrogen-bond donors (Lipinski definition) is 2. The molecule has 0 aromatic heterocycles. The molecule has 0 aliphatic heterocycles. The van der Waals surface area contributed by atoms with E-state index in [1.807, 2.05) is 0 Å². The van der Waals surface area contributed by atoms with Crippen LogP contribution in [0.5, 0.6) is 0 Å². The second kappa shape index (κ2) is 4.71. The van der Waals surface area contributed by atoms with Crippen LogP contribution in [0, 0.1) is 0 Å². The highest BCUT2D eigenvalue weighted by Gasteiger charge is 2.09. The molecule has 0 saturated heterocycles. The van der Waals surface area contributed by atoms with Gasteiger partial charge >= 0.3 is 5.97 Å². The highest BCUT2D eigenvalue weighted by molar-refractivity contribution is 6.09. The quantitative estimate of drug-likeness (QED) is 0.637. The number of rotatable bonds is 3. The summed E-state index contributed by atoms with van der Waals surface area (Å²) >= 11 is 0. The molecule has 4 nitrogen and oxygen atoms in total. The second-order valence-electron chi connectivity index (χ2n) is 3.83. The number of carboxylic acids is 1. The Morgan fingerprint density at radius 1 is 0.778 bits per heavy atom. The molecule has 0 bridgehead atoms. The number of ketones is 1. The van der Waals surface area contributed by atoms with Crippen LogP contribution >= 0.6 is 0 Å². The summed E-state index contributed by atoms with van der Waals surface area (Å²) in [6.45, 7) is 0. The Balaban J connectivity index is 2.28. The van der Waals surface area contributed by atoms with Gasteiger partial charge in [-0.25, -0.2) is 4.79 Å². The summed E-state index contributed by atoms with van der Waals surface area (Å²) in [7, 11) is 0. The summed E-state index contributed by atoms with van der Waals surface area (Å²) in [5.74, 6) is -1.17. The SMILES string of the molecule is Nc1ccc(C(=O)c2ccc(C(=O)O)cc2)cc1. The first-order valence-electron chi connectivity index (χ1n) is 5.31. The monoisotopic (exact) mass is 241 g/mol. The van der Waals surface area contributed by atoms with Crippen molar-refractivity contribution in [3.05, 3.63) is 65.2 Å². The van der Waals surface area contributed by atoms with Crippen molar-refractivity contribution in [3.63, 3.8) is 0 Å². The Morgan fingerprint density at radius 2 is 1.17 bits per heavy atom. The summed E-state index contributed by atoms with van der Waals surface area (Å²) in [4.78, 5) is 22.7. The minimum atomic E-state index is -1.01. The zero-order valence-corrected chi connectivity index (χ0v) is 9.46. The molecule has 18 heavy (non-hydrogen) atoms. The van der Waals surface area contributed by atoms with Crippen molar-refractivity contribution in [1.29, 1.82) is 0 Å². The average Bonchev–Trinajstić information content (AvgIpc) is 2.39. The van der Waals surface area contributed by atoms with Crippen LogP contribution in [0.3, 0.4) is 0 Å². The summed E-state index contributed by atoms with van der Waals surface area (Å²) in [5, 5.41) is 8.76. The van der Waals surface area contributed by atoms with Gasteiger partial charge in [-0.1, -0.05) is 12.1 Å². The van der Waals surface area contributed by atoms with E-state index < -0.39 is 5.97 Å². The normalized spacial score (nSPS) is 10.0. The fourth-order valence-electron chi connectivity index (χ4n) is 1.57. The molecule has 2 aromatic carbocycles. The van der Waals surface area contributed by atoms with E-state index in [1.165, 1.54) is 24.3 Å². The number of carbonyl (C=O) groups is 2. The predicted molar refractivity (Wildman–Crippen MR) is 67.7 cm³/mol. The molecule has 90 valence electrons. The van der Waals surface area contributed by atoms with E-state index in [4.69, 9.17) is 10.8 Å². The molecule has 0 fully saturated rings. The number of carbonyl (C=O) groups excluding carboxylic acids is 1. The van der Waals surface area contributed by atoms with Crippen LogP contribution in [0.25, 0.3) is 0 Å². The van der Waals surface area contributed by atoms with Gasteiger partial charge in [-0.3, -0.25) is 4.79 Å². The number of aromatic carboxylic acids is 1. The Hall–Kier alpha value is -2.62. The van der Waals surface area contributed by atoms with Crippen molar-refractivity contribution in [2.75, 3.05) is 5.73 Å². The largest absolute Gasteiger partial charge is 0.478 e. The standard InChI is InChI=1S/C14H11NO3/c15-12-7-5-10(6-8-12)13(16)9-1-3-11(4-2-9)14(17)18/h1-8H,15H2,(H,17,18). The first-order valence-corrected chi connectivity index (χ1v) is 5.31. The minimum absolute atomic E-state index is 0.156. The van der Waals surface area contributed by atoms with Gasteiger partial charge in [-0.2, -0.15) is 0 Å². The van der Waals surface area contributed by atoms with E-state index in [-0.39, 0.29) is 11.3 Å². The Kier molecular flexibility index (Phi) is 3.10.